The van der Waals surface area contributed by atoms with Gasteiger partial charge in [-0.2, -0.15) is 4.98 Å². The minimum atomic E-state index is -2.75. The molecule has 206 valence electrons. The molecule has 7 nitrogen and oxygen atoms in total. The van der Waals surface area contributed by atoms with Crippen molar-refractivity contribution in [1.82, 2.24) is 14.9 Å². The number of aryl methyl sites for hydroxylation is 2. The van der Waals surface area contributed by atoms with Crippen molar-refractivity contribution >= 4 is 47.2 Å². The summed E-state index contributed by atoms with van der Waals surface area (Å²) in [5, 5.41) is 7.16. The fourth-order valence-electron chi connectivity index (χ4n) is 6.35. The lowest BCUT2D eigenvalue weighted by Gasteiger charge is -2.40. The van der Waals surface area contributed by atoms with Gasteiger partial charge in [-0.15, -0.1) is 0 Å². The van der Waals surface area contributed by atoms with Gasteiger partial charge in [0.15, 0.2) is 5.82 Å². The Labute approximate surface area is 233 Å². The first kappa shape index (κ1) is 26.7. The van der Waals surface area contributed by atoms with E-state index in [1.165, 1.54) is 48.7 Å². The normalized spacial score (nSPS) is 23.2. The number of nitrogens with one attached hydrogen (secondary N) is 2. The molecule has 2 aromatic carbocycles. The molecule has 3 heterocycles. The van der Waals surface area contributed by atoms with Gasteiger partial charge in [0, 0.05) is 29.1 Å². The van der Waals surface area contributed by atoms with E-state index in [9.17, 15) is 8.96 Å². The Bertz CT molecular complexity index is 1420. The van der Waals surface area contributed by atoms with E-state index in [2.05, 4.69) is 43.7 Å². The van der Waals surface area contributed by atoms with Gasteiger partial charge in [-0.25, -0.2) is 9.37 Å². The quantitative estimate of drug-likeness (QED) is 0.274. The molecule has 1 aliphatic carbocycles. The highest BCUT2D eigenvalue weighted by Gasteiger charge is 2.41. The molecular weight excluding hydrogens is 536 g/mol. The lowest BCUT2D eigenvalue weighted by Crippen LogP contribution is -2.51. The Morgan fingerprint density at radius 1 is 0.974 bits per heavy atom. The molecule has 2 aliphatic heterocycles. The minimum absolute atomic E-state index is 0.308. The number of anilines is 4. The summed E-state index contributed by atoms with van der Waals surface area (Å²) in [5.74, 6) is 0.300. The van der Waals surface area contributed by atoms with Gasteiger partial charge in [-0.3, -0.25) is 4.90 Å². The van der Waals surface area contributed by atoms with Crippen molar-refractivity contribution in [1.29, 1.82) is 0 Å². The van der Waals surface area contributed by atoms with E-state index in [0.717, 1.165) is 38.2 Å². The van der Waals surface area contributed by atoms with E-state index >= 15 is 0 Å². The molecular formula is C29H34ClFN5O2P. The summed E-state index contributed by atoms with van der Waals surface area (Å²) < 4.78 is 32.5. The van der Waals surface area contributed by atoms with Gasteiger partial charge >= 0.3 is 0 Å². The number of fused-ring (bicyclic) bond motifs is 3. The average Bonchev–Trinajstić information content (AvgIpc) is 3.05. The lowest BCUT2D eigenvalue weighted by atomic mass is 10.0. The van der Waals surface area contributed by atoms with Gasteiger partial charge in [0.1, 0.15) is 18.0 Å². The van der Waals surface area contributed by atoms with Crippen LogP contribution in [0, 0.1) is 5.82 Å². The molecule has 2 saturated heterocycles. The molecule has 2 fully saturated rings. The Balaban J connectivity index is 1.18. The third kappa shape index (κ3) is 5.71. The van der Waals surface area contributed by atoms with Gasteiger partial charge in [0.25, 0.3) is 0 Å². The second kappa shape index (κ2) is 10.8. The first-order valence-electron chi connectivity index (χ1n) is 13.6. The van der Waals surface area contributed by atoms with E-state index in [-0.39, 0.29) is 0 Å². The number of halogens is 2. The summed E-state index contributed by atoms with van der Waals surface area (Å²) in [6, 6.07) is 12.5. The molecule has 2 N–H and O–H groups in total. The molecule has 0 spiro atoms. The number of benzene rings is 2. The van der Waals surface area contributed by atoms with Crippen molar-refractivity contribution in [2.45, 2.75) is 56.7 Å². The van der Waals surface area contributed by atoms with Crippen LogP contribution in [0.3, 0.4) is 0 Å². The Morgan fingerprint density at radius 3 is 2.46 bits per heavy atom. The van der Waals surface area contributed by atoms with Crippen molar-refractivity contribution in [3.05, 3.63) is 64.6 Å². The van der Waals surface area contributed by atoms with Crippen LogP contribution in [-0.2, 0) is 22.1 Å². The number of hydrogen-bond donors (Lipinski definition) is 2. The number of morpholine rings is 1. The summed E-state index contributed by atoms with van der Waals surface area (Å²) in [6.45, 7) is 4.97. The SMILES string of the molecule is CP(C)(=O)c1cc(F)ccc1Nc1nc(Nc2ccc3c(c2)CC[C@@H](N2C4CCC2COC4)CC3)ncc1Cl. The topological polar surface area (TPSA) is 79.4 Å². The largest absolute Gasteiger partial charge is 0.378 e. The van der Waals surface area contributed by atoms with Crippen molar-refractivity contribution in [2.24, 2.45) is 0 Å². The van der Waals surface area contributed by atoms with Crippen LogP contribution in [0.1, 0.15) is 36.8 Å². The van der Waals surface area contributed by atoms with Crippen LogP contribution in [0.4, 0.5) is 27.5 Å². The fraction of sp³-hybridized carbons (Fsp3) is 0.448. The molecule has 2 unspecified atom stereocenters. The van der Waals surface area contributed by atoms with Crippen LogP contribution in [-0.4, -0.2) is 59.5 Å². The second-order valence-electron chi connectivity index (χ2n) is 11.2. The van der Waals surface area contributed by atoms with Crippen LogP contribution >= 0.6 is 18.7 Å². The van der Waals surface area contributed by atoms with Gasteiger partial charge in [-0.1, -0.05) is 17.7 Å². The fourth-order valence-corrected chi connectivity index (χ4v) is 7.63. The Kier molecular flexibility index (Phi) is 7.40. The smallest absolute Gasteiger partial charge is 0.229 e. The van der Waals surface area contributed by atoms with E-state index in [1.807, 2.05) is 0 Å². The van der Waals surface area contributed by atoms with E-state index < -0.39 is 13.0 Å². The average molecular weight is 570 g/mol. The number of aromatic nitrogens is 2. The lowest BCUT2D eigenvalue weighted by molar-refractivity contribution is -0.0389. The van der Waals surface area contributed by atoms with Crippen LogP contribution in [0.2, 0.25) is 5.02 Å². The molecule has 2 bridgehead atoms. The van der Waals surface area contributed by atoms with Crippen molar-refractivity contribution in [3.63, 3.8) is 0 Å². The summed E-state index contributed by atoms with van der Waals surface area (Å²) in [4.78, 5) is 11.7. The zero-order valence-electron chi connectivity index (χ0n) is 22.3. The van der Waals surface area contributed by atoms with Crippen LogP contribution in [0.15, 0.2) is 42.6 Å². The number of hydrogen-bond acceptors (Lipinski definition) is 7. The summed E-state index contributed by atoms with van der Waals surface area (Å²) in [7, 11) is -2.75. The molecule has 6 rings (SSSR count). The number of ether oxygens (including phenoxy) is 1. The van der Waals surface area contributed by atoms with Gasteiger partial charge in [-0.05, 0) is 93.3 Å². The molecule has 3 aliphatic rings. The van der Waals surface area contributed by atoms with Crippen LogP contribution < -0.4 is 15.9 Å². The van der Waals surface area contributed by atoms with E-state index in [4.69, 9.17) is 16.3 Å². The monoisotopic (exact) mass is 569 g/mol. The highest BCUT2D eigenvalue weighted by atomic mass is 35.5. The maximum Gasteiger partial charge on any atom is 0.229 e. The Hall–Kier alpha value is -2.51. The highest BCUT2D eigenvalue weighted by molar-refractivity contribution is 7.70. The summed E-state index contributed by atoms with van der Waals surface area (Å²) in [6.07, 6.45) is 8.52. The Morgan fingerprint density at radius 2 is 1.72 bits per heavy atom. The molecule has 3 atom stereocenters. The van der Waals surface area contributed by atoms with Crippen molar-refractivity contribution in [2.75, 3.05) is 37.2 Å². The molecule has 3 aromatic rings. The first-order chi connectivity index (χ1) is 18.7. The molecule has 1 aromatic heterocycles. The molecule has 39 heavy (non-hydrogen) atoms. The predicted octanol–water partition coefficient (Wildman–Crippen LogP) is 6.11. The minimum Gasteiger partial charge on any atom is -0.378 e. The predicted molar refractivity (Wildman–Crippen MR) is 155 cm³/mol. The van der Waals surface area contributed by atoms with Crippen molar-refractivity contribution in [3.8, 4) is 0 Å². The molecule has 10 heteroatoms. The van der Waals surface area contributed by atoms with Crippen LogP contribution in [0.5, 0.6) is 0 Å². The van der Waals surface area contributed by atoms with Crippen molar-refractivity contribution < 1.29 is 13.7 Å². The first-order valence-corrected chi connectivity index (χ1v) is 16.6. The molecule has 0 saturated carbocycles. The zero-order chi connectivity index (χ0) is 27.1. The van der Waals surface area contributed by atoms with Gasteiger partial charge in [0.05, 0.1) is 25.1 Å². The van der Waals surface area contributed by atoms with E-state index in [1.54, 1.807) is 19.4 Å². The number of nitrogens with zero attached hydrogens (tertiary/aromatic N) is 3. The maximum atomic E-state index is 13.9. The second-order valence-corrected chi connectivity index (χ2v) is 14.8. The third-order valence-corrected chi connectivity index (χ3v) is 10.0. The standard InChI is InChI=1S/C29H34ClFN5O2P/c1-39(2,37)27-14-20(31)6-12-26(27)34-28-25(30)15-32-29(35-28)33-21-7-3-18-4-8-22(9-5-19(18)13-21)36-23-10-11-24(36)17-38-16-23/h3,6-7,12-15,22-24H,4-5,8-11,16-17H2,1-2H3,(H2,32,33,34,35)/t22-,23?,24?/m0/s1. The number of rotatable bonds is 6. The third-order valence-electron chi connectivity index (χ3n) is 8.21. The zero-order valence-corrected chi connectivity index (χ0v) is 23.9. The van der Waals surface area contributed by atoms with E-state index in [0.29, 0.717) is 45.9 Å². The maximum absolute atomic E-state index is 13.9. The molecule has 0 amide bonds. The van der Waals surface area contributed by atoms with Crippen LogP contribution in [0.25, 0.3) is 0 Å². The summed E-state index contributed by atoms with van der Waals surface area (Å²) >= 11 is 6.39. The molecule has 0 radical (unpaired) electrons. The van der Waals surface area contributed by atoms with Gasteiger partial charge in [0.2, 0.25) is 5.95 Å². The highest BCUT2D eigenvalue weighted by Crippen LogP contribution is 2.39. The van der Waals surface area contributed by atoms with Gasteiger partial charge < -0.3 is 19.9 Å². The summed E-state index contributed by atoms with van der Waals surface area (Å²) in [5.41, 5.74) is 4.20.